The Morgan fingerprint density at radius 1 is 1.00 bits per heavy atom. The van der Waals surface area contributed by atoms with Crippen LogP contribution in [0.3, 0.4) is 0 Å². The smallest absolute Gasteiger partial charge is 0.272 e. The number of nitrogens with one attached hydrogen (secondary N) is 5. The normalized spacial score (nSPS) is 13.3. The monoisotopic (exact) mass is 501 g/mol. The van der Waals surface area contributed by atoms with Crippen LogP contribution < -0.4 is 21.5 Å². The van der Waals surface area contributed by atoms with Crippen LogP contribution in [0.1, 0.15) is 27.5 Å². The van der Waals surface area contributed by atoms with Gasteiger partial charge in [-0.05, 0) is 42.0 Å². The Kier molecular flexibility index (Phi) is 6.19. The minimum Gasteiger partial charge on any atom is -0.350 e. The molecular weight excluding hydrogens is 478 g/mol. The molecule has 186 valence electrons. The maximum Gasteiger partial charge on any atom is 0.272 e. The molecule has 5 aromatic rings. The van der Waals surface area contributed by atoms with E-state index in [2.05, 4.69) is 65.7 Å². The van der Waals surface area contributed by atoms with Gasteiger partial charge in [0.05, 0.1) is 11.3 Å². The Balaban J connectivity index is 1.19. The molecule has 4 heterocycles. The summed E-state index contributed by atoms with van der Waals surface area (Å²) in [5.74, 6) is 1.37. The number of hydrogen-bond donors (Lipinski definition) is 5. The van der Waals surface area contributed by atoms with E-state index >= 15 is 0 Å². The van der Waals surface area contributed by atoms with Gasteiger partial charge in [0, 0.05) is 59.8 Å². The number of rotatable bonds is 6. The SMILES string of the molecule is N#Cc1cnccc1NC(=O)c1cc2ccc(-c3nccc(Nc4ccc(C5CNNC5)cc4)n3)cc2[nH]1. The highest BCUT2D eigenvalue weighted by Gasteiger charge is 2.16. The van der Waals surface area contributed by atoms with E-state index in [1.54, 1.807) is 18.3 Å². The maximum atomic E-state index is 12.8. The minimum atomic E-state index is -0.348. The summed E-state index contributed by atoms with van der Waals surface area (Å²) in [6.45, 7) is 1.85. The van der Waals surface area contributed by atoms with E-state index in [0.29, 0.717) is 34.5 Å². The van der Waals surface area contributed by atoms with Crippen LogP contribution in [0, 0.1) is 11.3 Å². The molecule has 10 nitrogen and oxygen atoms in total. The van der Waals surface area contributed by atoms with E-state index < -0.39 is 0 Å². The van der Waals surface area contributed by atoms with Crippen molar-refractivity contribution in [1.82, 2.24) is 30.8 Å². The number of carbonyl (C=O) groups excluding carboxylic acids is 1. The Labute approximate surface area is 218 Å². The summed E-state index contributed by atoms with van der Waals surface area (Å²) in [6, 6.07) is 21.3. The van der Waals surface area contributed by atoms with Gasteiger partial charge < -0.3 is 15.6 Å². The number of benzene rings is 2. The van der Waals surface area contributed by atoms with Gasteiger partial charge in [-0.15, -0.1) is 0 Å². The average Bonchev–Trinajstić information content (AvgIpc) is 3.64. The molecule has 5 N–H and O–H groups in total. The van der Waals surface area contributed by atoms with Crippen LogP contribution in [0.4, 0.5) is 17.2 Å². The predicted octanol–water partition coefficient (Wildman–Crippen LogP) is 4.08. The van der Waals surface area contributed by atoms with Crippen molar-refractivity contribution in [3.63, 3.8) is 0 Å². The molecule has 1 amide bonds. The lowest BCUT2D eigenvalue weighted by atomic mass is 10.0. The van der Waals surface area contributed by atoms with Crippen LogP contribution >= 0.6 is 0 Å². The fourth-order valence-corrected chi connectivity index (χ4v) is 4.42. The summed E-state index contributed by atoms with van der Waals surface area (Å²) in [4.78, 5) is 29.0. The molecule has 0 bridgehead atoms. The lowest BCUT2D eigenvalue weighted by molar-refractivity contribution is 0.102. The van der Waals surface area contributed by atoms with Gasteiger partial charge in [0.25, 0.3) is 5.91 Å². The Hall–Kier alpha value is -5.11. The number of carbonyl (C=O) groups is 1. The zero-order valence-electron chi connectivity index (χ0n) is 20.2. The number of amides is 1. The molecule has 1 aliphatic rings. The molecule has 1 aliphatic heterocycles. The molecule has 0 spiro atoms. The third-order valence-electron chi connectivity index (χ3n) is 6.45. The standard InChI is InChI=1S/C28H23N9O/c29-13-20-14-30-9-7-23(20)36-28(38)25-11-18-1-2-19(12-24(18)35-25)27-31-10-8-26(37-27)34-22-5-3-17(4-6-22)21-15-32-33-16-21/h1-12,14,21,32-33,35H,15-16H2,(H,30,36,38)(H,31,34,37). The van der Waals surface area contributed by atoms with Gasteiger partial charge in [0.1, 0.15) is 17.6 Å². The Morgan fingerprint density at radius 2 is 1.84 bits per heavy atom. The van der Waals surface area contributed by atoms with Gasteiger partial charge in [-0.25, -0.2) is 9.97 Å². The molecular formula is C28H23N9O. The predicted molar refractivity (Wildman–Crippen MR) is 145 cm³/mol. The Morgan fingerprint density at radius 3 is 2.66 bits per heavy atom. The minimum absolute atomic E-state index is 0.296. The molecule has 2 aromatic carbocycles. The second-order valence-corrected chi connectivity index (χ2v) is 8.94. The Bertz CT molecular complexity index is 1660. The third kappa shape index (κ3) is 4.79. The molecule has 6 rings (SSSR count). The summed E-state index contributed by atoms with van der Waals surface area (Å²) in [6.07, 6.45) is 4.66. The van der Waals surface area contributed by atoms with Gasteiger partial charge in [-0.1, -0.05) is 24.3 Å². The van der Waals surface area contributed by atoms with Crippen molar-refractivity contribution in [1.29, 1.82) is 5.26 Å². The molecule has 0 atom stereocenters. The zero-order chi connectivity index (χ0) is 25.9. The number of hydrogen-bond acceptors (Lipinski definition) is 8. The largest absolute Gasteiger partial charge is 0.350 e. The quantitative estimate of drug-likeness (QED) is 0.234. The first-order valence-electron chi connectivity index (χ1n) is 12.1. The highest BCUT2D eigenvalue weighted by atomic mass is 16.1. The molecule has 0 unspecified atom stereocenters. The molecule has 0 aliphatic carbocycles. The van der Waals surface area contributed by atoms with E-state index in [1.165, 1.54) is 18.0 Å². The van der Waals surface area contributed by atoms with Crippen molar-refractivity contribution in [2.24, 2.45) is 0 Å². The van der Waals surface area contributed by atoms with Gasteiger partial charge in [0.15, 0.2) is 5.82 Å². The number of nitrogens with zero attached hydrogens (tertiary/aromatic N) is 4. The van der Waals surface area contributed by atoms with Crippen molar-refractivity contribution in [3.05, 3.63) is 96.1 Å². The summed E-state index contributed by atoms with van der Waals surface area (Å²) in [5, 5.41) is 16.2. The van der Waals surface area contributed by atoms with E-state index in [-0.39, 0.29) is 5.91 Å². The summed E-state index contributed by atoms with van der Waals surface area (Å²) in [5.41, 5.74) is 11.2. The molecule has 1 saturated heterocycles. The summed E-state index contributed by atoms with van der Waals surface area (Å²) in [7, 11) is 0. The molecule has 38 heavy (non-hydrogen) atoms. The first kappa shape index (κ1) is 23.3. The van der Waals surface area contributed by atoms with Gasteiger partial charge in [-0.2, -0.15) is 5.26 Å². The van der Waals surface area contributed by atoms with Crippen LogP contribution in [0.2, 0.25) is 0 Å². The number of aromatic nitrogens is 4. The van der Waals surface area contributed by atoms with Gasteiger partial charge in [0.2, 0.25) is 0 Å². The molecule has 10 heteroatoms. The number of fused-ring (bicyclic) bond motifs is 1. The average molecular weight is 502 g/mol. The topological polar surface area (TPSA) is 143 Å². The first-order valence-corrected chi connectivity index (χ1v) is 12.1. The number of H-pyrrole nitrogens is 1. The fraction of sp³-hybridized carbons (Fsp3) is 0.107. The third-order valence-corrected chi connectivity index (χ3v) is 6.45. The molecule has 1 fully saturated rings. The second-order valence-electron chi connectivity index (χ2n) is 8.94. The van der Waals surface area contributed by atoms with Crippen molar-refractivity contribution >= 4 is 34.0 Å². The van der Waals surface area contributed by atoms with Gasteiger partial charge in [-0.3, -0.25) is 20.6 Å². The summed E-state index contributed by atoms with van der Waals surface area (Å²) >= 11 is 0. The number of hydrazine groups is 1. The molecule has 0 radical (unpaired) electrons. The van der Waals surface area contributed by atoms with Crippen molar-refractivity contribution < 1.29 is 4.79 Å². The van der Waals surface area contributed by atoms with Crippen LogP contribution in [-0.4, -0.2) is 38.9 Å². The van der Waals surface area contributed by atoms with E-state index in [9.17, 15) is 10.1 Å². The van der Waals surface area contributed by atoms with Crippen molar-refractivity contribution in [3.8, 4) is 17.5 Å². The lowest BCUT2D eigenvalue weighted by Crippen LogP contribution is -2.21. The maximum absolute atomic E-state index is 12.8. The number of anilines is 3. The van der Waals surface area contributed by atoms with Crippen LogP contribution in [0.25, 0.3) is 22.3 Å². The first-order chi connectivity index (χ1) is 18.7. The number of aromatic amines is 1. The van der Waals surface area contributed by atoms with Crippen LogP contribution in [-0.2, 0) is 0 Å². The summed E-state index contributed by atoms with van der Waals surface area (Å²) < 4.78 is 0. The van der Waals surface area contributed by atoms with Crippen molar-refractivity contribution in [2.45, 2.75) is 5.92 Å². The molecule has 0 saturated carbocycles. The van der Waals surface area contributed by atoms with Gasteiger partial charge >= 0.3 is 0 Å². The van der Waals surface area contributed by atoms with E-state index in [1.807, 2.05) is 30.3 Å². The second kappa shape index (κ2) is 10.1. The van der Waals surface area contributed by atoms with Crippen LogP contribution in [0.15, 0.2) is 79.3 Å². The van der Waals surface area contributed by atoms with E-state index in [0.717, 1.165) is 35.2 Å². The lowest BCUT2D eigenvalue weighted by Gasteiger charge is -2.11. The van der Waals surface area contributed by atoms with Crippen LogP contribution in [0.5, 0.6) is 0 Å². The van der Waals surface area contributed by atoms with E-state index in [4.69, 9.17) is 0 Å². The highest BCUT2D eigenvalue weighted by molar-refractivity contribution is 6.06. The zero-order valence-corrected chi connectivity index (χ0v) is 20.2. The molecule has 3 aromatic heterocycles. The van der Waals surface area contributed by atoms with Crippen molar-refractivity contribution in [2.75, 3.05) is 23.7 Å². The fourth-order valence-electron chi connectivity index (χ4n) is 4.42. The highest BCUT2D eigenvalue weighted by Crippen LogP contribution is 2.25. The number of pyridine rings is 1. The number of nitriles is 1.